The molecule has 1 atom stereocenters. The van der Waals surface area contributed by atoms with Gasteiger partial charge in [-0.15, -0.1) is 0 Å². The van der Waals surface area contributed by atoms with Crippen molar-refractivity contribution in [3.8, 4) is 0 Å². The summed E-state index contributed by atoms with van der Waals surface area (Å²) < 4.78 is 40.4. The molecular formula is C18H14ClF3N2O2. The molecule has 0 aromatic heterocycles. The van der Waals surface area contributed by atoms with Crippen molar-refractivity contribution in [1.82, 2.24) is 4.90 Å². The fourth-order valence-electron chi connectivity index (χ4n) is 2.89. The second-order valence-electron chi connectivity index (χ2n) is 5.88. The Balaban J connectivity index is 1.79. The van der Waals surface area contributed by atoms with E-state index >= 15 is 0 Å². The molecule has 2 aromatic rings. The summed E-state index contributed by atoms with van der Waals surface area (Å²) in [6.07, 6.45) is 0.923. The number of rotatable bonds is 3. The van der Waals surface area contributed by atoms with Crippen LogP contribution in [-0.2, 0) is 4.79 Å². The summed E-state index contributed by atoms with van der Waals surface area (Å²) in [5.41, 5.74) is -0.104. The zero-order valence-corrected chi connectivity index (χ0v) is 14.2. The van der Waals surface area contributed by atoms with E-state index in [1.165, 1.54) is 4.90 Å². The lowest BCUT2D eigenvalue weighted by Gasteiger charge is -2.24. The van der Waals surface area contributed by atoms with Crippen molar-refractivity contribution in [2.24, 2.45) is 0 Å². The van der Waals surface area contributed by atoms with Gasteiger partial charge in [-0.2, -0.15) is 0 Å². The Kier molecular flexibility index (Phi) is 5.18. The lowest BCUT2D eigenvalue weighted by Crippen LogP contribution is -2.43. The van der Waals surface area contributed by atoms with E-state index in [2.05, 4.69) is 5.32 Å². The second-order valence-corrected chi connectivity index (χ2v) is 6.31. The largest absolute Gasteiger partial charge is 0.327 e. The standard InChI is InChI=1S/C18H14ClF3N2O2/c19-10-3-5-11(6-4-10)23-17(25)14-2-1-9-24(14)18(26)12-7-8-13(20)16(22)15(12)21/h3-8,14H,1-2,9H2,(H,23,25)/t14-/m0/s1. The van der Waals surface area contributed by atoms with Gasteiger partial charge in [-0.1, -0.05) is 11.6 Å². The van der Waals surface area contributed by atoms with Gasteiger partial charge in [0.15, 0.2) is 17.5 Å². The quantitative estimate of drug-likeness (QED) is 0.816. The highest BCUT2D eigenvalue weighted by molar-refractivity contribution is 6.30. The van der Waals surface area contributed by atoms with Crippen molar-refractivity contribution in [1.29, 1.82) is 0 Å². The number of halogens is 4. The Morgan fingerprint density at radius 2 is 1.73 bits per heavy atom. The fraction of sp³-hybridized carbons (Fsp3) is 0.222. The van der Waals surface area contributed by atoms with Crippen LogP contribution in [0.15, 0.2) is 36.4 Å². The molecule has 4 nitrogen and oxygen atoms in total. The zero-order chi connectivity index (χ0) is 18.8. The summed E-state index contributed by atoms with van der Waals surface area (Å²) in [7, 11) is 0. The summed E-state index contributed by atoms with van der Waals surface area (Å²) in [6.45, 7) is 0.218. The van der Waals surface area contributed by atoms with E-state index in [9.17, 15) is 22.8 Å². The summed E-state index contributed by atoms with van der Waals surface area (Å²) in [6, 6.07) is 7.15. The van der Waals surface area contributed by atoms with Crippen LogP contribution >= 0.6 is 11.6 Å². The third kappa shape index (κ3) is 3.53. The SMILES string of the molecule is O=C(Nc1ccc(Cl)cc1)[C@@H]1CCCN1C(=O)c1ccc(F)c(F)c1F. The van der Waals surface area contributed by atoms with E-state index in [1.807, 2.05) is 0 Å². The van der Waals surface area contributed by atoms with Gasteiger partial charge >= 0.3 is 0 Å². The van der Waals surface area contributed by atoms with E-state index in [0.29, 0.717) is 29.6 Å². The average Bonchev–Trinajstić information content (AvgIpc) is 3.11. The van der Waals surface area contributed by atoms with Crippen molar-refractivity contribution in [3.63, 3.8) is 0 Å². The molecule has 0 radical (unpaired) electrons. The number of amides is 2. The minimum absolute atomic E-state index is 0.218. The molecule has 0 bridgehead atoms. The molecule has 1 heterocycles. The predicted molar refractivity (Wildman–Crippen MR) is 90.5 cm³/mol. The normalized spacial score (nSPS) is 16.6. The van der Waals surface area contributed by atoms with Crippen LogP contribution in [0.4, 0.5) is 18.9 Å². The topological polar surface area (TPSA) is 49.4 Å². The minimum Gasteiger partial charge on any atom is -0.327 e. The van der Waals surface area contributed by atoms with Gasteiger partial charge in [0.2, 0.25) is 5.91 Å². The Labute approximate surface area is 152 Å². The van der Waals surface area contributed by atoms with Crippen LogP contribution in [0.2, 0.25) is 5.02 Å². The fourth-order valence-corrected chi connectivity index (χ4v) is 3.01. The summed E-state index contributed by atoms with van der Waals surface area (Å²) >= 11 is 5.79. The van der Waals surface area contributed by atoms with Crippen molar-refractivity contribution < 1.29 is 22.8 Å². The number of hydrogen-bond acceptors (Lipinski definition) is 2. The lowest BCUT2D eigenvalue weighted by atomic mass is 10.1. The van der Waals surface area contributed by atoms with Gasteiger partial charge < -0.3 is 10.2 Å². The summed E-state index contributed by atoms with van der Waals surface area (Å²) in [4.78, 5) is 26.2. The maximum absolute atomic E-state index is 13.9. The minimum atomic E-state index is -1.71. The first-order chi connectivity index (χ1) is 12.4. The maximum atomic E-state index is 13.9. The Hall–Kier alpha value is -2.54. The third-order valence-corrected chi connectivity index (χ3v) is 4.45. The molecule has 0 spiro atoms. The molecule has 26 heavy (non-hydrogen) atoms. The molecule has 1 aliphatic rings. The van der Waals surface area contributed by atoms with E-state index in [0.717, 1.165) is 6.07 Å². The van der Waals surface area contributed by atoms with Crippen LogP contribution in [0.25, 0.3) is 0 Å². The van der Waals surface area contributed by atoms with Crippen LogP contribution in [-0.4, -0.2) is 29.3 Å². The highest BCUT2D eigenvalue weighted by Gasteiger charge is 2.36. The molecule has 1 fully saturated rings. The molecule has 0 aliphatic carbocycles. The number of nitrogens with one attached hydrogen (secondary N) is 1. The molecule has 136 valence electrons. The molecule has 2 aromatic carbocycles. The second kappa shape index (κ2) is 7.37. The van der Waals surface area contributed by atoms with Crippen LogP contribution in [0.5, 0.6) is 0 Å². The number of carbonyl (C=O) groups excluding carboxylic acids is 2. The Morgan fingerprint density at radius 1 is 1.04 bits per heavy atom. The predicted octanol–water partition coefficient (Wildman–Crippen LogP) is 4.00. The molecule has 3 rings (SSSR count). The van der Waals surface area contributed by atoms with Gasteiger partial charge in [0.05, 0.1) is 5.56 Å². The number of carbonyl (C=O) groups is 2. The van der Waals surface area contributed by atoms with Gasteiger partial charge in [0.25, 0.3) is 5.91 Å². The summed E-state index contributed by atoms with van der Waals surface area (Å²) in [5.74, 6) is -5.94. The summed E-state index contributed by atoms with van der Waals surface area (Å²) in [5, 5.41) is 3.17. The average molecular weight is 383 g/mol. The first-order valence-corrected chi connectivity index (χ1v) is 8.27. The number of likely N-dealkylation sites (tertiary alicyclic amines) is 1. The van der Waals surface area contributed by atoms with Crippen molar-refractivity contribution in [2.75, 3.05) is 11.9 Å². The number of anilines is 1. The lowest BCUT2D eigenvalue weighted by molar-refractivity contribution is -0.119. The van der Waals surface area contributed by atoms with Gasteiger partial charge in [-0.25, -0.2) is 13.2 Å². The molecule has 0 unspecified atom stereocenters. The smallest absolute Gasteiger partial charge is 0.257 e. The van der Waals surface area contributed by atoms with Crippen LogP contribution < -0.4 is 5.32 Å². The van der Waals surface area contributed by atoms with Gasteiger partial charge in [0, 0.05) is 17.3 Å². The van der Waals surface area contributed by atoms with Crippen molar-refractivity contribution in [3.05, 3.63) is 64.4 Å². The van der Waals surface area contributed by atoms with Crippen LogP contribution in [0, 0.1) is 17.5 Å². The highest BCUT2D eigenvalue weighted by atomic mass is 35.5. The number of benzene rings is 2. The van der Waals surface area contributed by atoms with Crippen molar-refractivity contribution >= 4 is 29.1 Å². The maximum Gasteiger partial charge on any atom is 0.257 e. The van der Waals surface area contributed by atoms with Crippen LogP contribution in [0.3, 0.4) is 0 Å². The Morgan fingerprint density at radius 3 is 2.42 bits per heavy atom. The Bertz CT molecular complexity index is 858. The van der Waals surface area contributed by atoms with Gasteiger partial charge in [0.1, 0.15) is 6.04 Å². The molecule has 0 saturated carbocycles. The third-order valence-electron chi connectivity index (χ3n) is 4.19. The van der Waals surface area contributed by atoms with E-state index in [1.54, 1.807) is 24.3 Å². The van der Waals surface area contributed by atoms with Crippen LogP contribution in [0.1, 0.15) is 23.2 Å². The first kappa shape index (κ1) is 18.3. The highest BCUT2D eigenvalue weighted by Crippen LogP contribution is 2.24. The molecule has 1 N–H and O–H groups in total. The van der Waals surface area contributed by atoms with Crippen molar-refractivity contribution in [2.45, 2.75) is 18.9 Å². The van der Waals surface area contributed by atoms with E-state index < -0.39 is 40.9 Å². The first-order valence-electron chi connectivity index (χ1n) is 7.89. The zero-order valence-electron chi connectivity index (χ0n) is 13.4. The monoisotopic (exact) mass is 382 g/mol. The number of hydrogen-bond donors (Lipinski definition) is 1. The molecule has 1 saturated heterocycles. The molecule has 2 amide bonds. The van der Waals surface area contributed by atoms with Gasteiger partial charge in [-0.3, -0.25) is 9.59 Å². The number of nitrogens with zero attached hydrogens (tertiary/aromatic N) is 1. The molecule has 1 aliphatic heterocycles. The van der Waals surface area contributed by atoms with Gasteiger partial charge in [-0.05, 0) is 49.2 Å². The molecule has 8 heteroatoms. The van der Waals surface area contributed by atoms with E-state index in [4.69, 9.17) is 11.6 Å². The molecular weight excluding hydrogens is 369 g/mol. The van der Waals surface area contributed by atoms with E-state index in [-0.39, 0.29) is 6.54 Å².